The van der Waals surface area contributed by atoms with Gasteiger partial charge in [-0.25, -0.2) is 9.97 Å². The number of ether oxygens (including phenoxy) is 1. The highest BCUT2D eigenvalue weighted by Gasteiger charge is 2.34. The zero-order chi connectivity index (χ0) is 14.4. The van der Waals surface area contributed by atoms with Crippen molar-refractivity contribution in [1.82, 2.24) is 9.97 Å². The summed E-state index contributed by atoms with van der Waals surface area (Å²) < 4.78 is 43.1. The Kier molecular flexibility index (Phi) is 4.39. The van der Waals surface area contributed by atoms with Gasteiger partial charge >= 0.3 is 6.18 Å². The Morgan fingerprint density at radius 1 is 1.05 bits per heavy atom. The molecule has 20 heavy (non-hydrogen) atoms. The number of anilines is 1. The fourth-order valence-corrected chi connectivity index (χ4v) is 1.52. The highest BCUT2D eigenvalue weighted by Crippen LogP contribution is 2.34. The molecule has 0 radical (unpaired) electrons. The Morgan fingerprint density at radius 3 is 2.55 bits per heavy atom. The standard InChI is InChI=1S/C13H12F3N3O/c14-13(15,16)10-4-3-7-19-12(10)20-9-8-18-11-5-1-2-6-17-11/h1-7H,8-9H2,(H,17,18). The van der Waals surface area contributed by atoms with Crippen molar-refractivity contribution < 1.29 is 17.9 Å². The third-order valence-electron chi connectivity index (χ3n) is 2.39. The second-order valence-corrected chi connectivity index (χ2v) is 3.84. The fourth-order valence-electron chi connectivity index (χ4n) is 1.52. The summed E-state index contributed by atoms with van der Waals surface area (Å²) in [7, 11) is 0. The predicted octanol–water partition coefficient (Wildman–Crippen LogP) is 2.99. The van der Waals surface area contributed by atoms with E-state index >= 15 is 0 Å². The zero-order valence-electron chi connectivity index (χ0n) is 10.4. The minimum Gasteiger partial charge on any atom is -0.475 e. The van der Waals surface area contributed by atoms with Crippen LogP contribution in [0, 0.1) is 0 Å². The monoisotopic (exact) mass is 283 g/mol. The molecular formula is C13H12F3N3O. The molecule has 0 fully saturated rings. The average molecular weight is 283 g/mol. The molecule has 4 nitrogen and oxygen atoms in total. The molecule has 0 saturated heterocycles. The van der Waals surface area contributed by atoms with Crippen LogP contribution in [0.2, 0.25) is 0 Å². The zero-order valence-corrected chi connectivity index (χ0v) is 10.4. The summed E-state index contributed by atoms with van der Waals surface area (Å²) in [6.45, 7) is 0.377. The molecular weight excluding hydrogens is 271 g/mol. The molecule has 0 saturated carbocycles. The lowest BCUT2D eigenvalue weighted by Gasteiger charge is -2.12. The van der Waals surface area contributed by atoms with Crippen LogP contribution >= 0.6 is 0 Å². The van der Waals surface area contributed by atoms with Crippen LogP contribution < -0.4 is 10.1 Å². The maximum Gasteiger partial charge on any atom is 0.421 e. The molecule has 0 amide bonds. The van der Waals surface area contributed by atoms with Gasteiger partial charge in [-0.1, -0.05) is 6.07 Å². The molecule has 7 heteroatoms. The van der Waals surface area contributed by atoms with Gasteiger partial charge in [-0.3, -0.25) is 0 Å². The molecule has 2 aromatic heterocycles. The Bertz CT molecular complexity index is 546. The summed E-state index contributed by atoms with van der Waals surface area (Å²) in [6.07, 6.45) is -1.60. The maximum absolute atomic E-state index is 12.7. The topological polar surface area (TPSA) is 47.0 Å². The van der Waals surface area contributed by atoms with Gasteiger partial charge in [-0.05, 0) is 24.3 Å². The fraction of sp³-hybridized carbons (Fsp3) is 0.231. The number of nitrogens with one attached hydrogen (secondary N) is 1. The average Bonchev–Trinajstić information content (AvgIpc) is 2.44. The number of halogens is 3. The molecule has 0 spiro atoms. The highest BCUT2D eigenvalue weighted by atomic mass is 19.4. The first-order valence-corrected chi connectivity index (χ1v) is 5.87. The molecule has 0 aliphatic rings. The summed E-state index contributed by atoms with van der Waals surface area (Å²) in [5.41, 5.74) is -0.877. The van der Waals surface area contributed by atoms with Gasteiger partial charge in [0.05, 0.1) is 6.54 Å². The van der Waals surface area contributed by atoms with Crippen molar-refractivity contribution in [3.8, 4) is 5.88 Å². The third kappa shape index (κ3) is 3.84. The lowest BCUT2D eigenvalue weighted by molar-refractivity contribution is -0.139. The number of rotatable bonds is 5. The van der Waals surface area contributed by atoms with E-state index in [1.807, 2.05) is 0 Å². The van der Waals surface area contributed by atoms with Gasteiger partial charge in [0, 0.05) is 12.4 Å². The minimum atomic E-state index is -4.47. The van der Waals surface area contributed by atoms with Crippen molar-refractivity contribution in [2.45, 2.75) is 6.18 Å². The molecule has 0 aliphatic carbocycles. The quantitative estimate of drug-likeness (QED) is 0.857. The largest absolute Gasteiger partial charge is 0.475 e. The van der Waals surface area contributed by atoms with Gasteiger partial charge in [-0.2, -0.15) is 13.2 Å². The van der Waals surface area contributed by atoms with E-state index in [-0.39, 0.29) is 6.61 Å². The van der Waals surface area contributed by atoms with E-state index < -0.39 is 17.6 Å². The molecule has 1 N–H and O–H groups in total. The first kappa shape index (κ1) is 14.1. The second kappa shape index (κ2) is 6.23. The van der Waals surface area contributed by atoms with Crippen LogP contribution in [0.25, 0.3) is 0 Å². The van der Waals surface area contributed by atoms with E-state index in [0.29, 0.717) is 12.4 Å². The predicted molar refractivity (Wildman–Crippen MR) is 67.5 cm³/mol. The SMILES string of the molecule is FC(F)(F)c1cccnc1OCCNc1ccccn1. The number of alkyl halides is 3. The Labute approximate surface area is 113 Å². The van der Waals surface area contributed by atoms with E-state index in [0.717, 1.165) is 6.07 Å². The van der Waals surface area contributed by atoms with E-state index in [1.54, 1.807) is 24.4 Å². The third-order valence-corrected chi connectivity index (χ3v) is 2.39. The summed E-state index contributed by atoms with van der Waals surface area (Å²) in [4.78, 5) is 7.62. The van der Waals surface area contributed by atoms with Gasteiger partial charge < -0.3 is 10.1 Å². The van der Waals surface area contributed by atoms with Gasteiger partial charge in [0.25, 0.3) is 0 Å². The van der Waals surface area contributed by atoms with Crippen LogP contribution in [0.4, 0.5) is 19.0 Å². The smallest absolute Gasteiger partial charge is 0.421 e. The molecule has 0 bridgehead atoms. The van der Waals surface area contributed by atoms with Crippen LogP contribution in [0.3, 0.4) is 0 Å². The Hall–Kier alpha value is -2.31. The number of aromatic nitrogens is 2. The van der Waals surface area contributed by atoms with Crippen molar-refractivity contribution >= 4 is 5.82 Å². The highest BCUT2D eigenvalue weighted by molar-refractivity contribution is 5.33. The Balaban J connectivity index is 1.89. The van der Waals surface area contributed by atoms with E-state index in [9.17, 15) is 13.2 Å². The molecule has 0 aromatic carbocycles. The maximum atomic E-state index is 12.7. The van der Waals surface area contributed by atoms with Crippen molar-refractivity contribution in [3.05, 3.63) is 48.3 Å². The Morgan fingerprint density at radius 2 is 1.85 bits per heavy atom. The molecule has 2 rings (SSSR count). The molecule has 0 atom stereocenters. The van der Waals surface area contributed by atoms with Crippen LogP contribution in [-0.4, -0.2) is 23.1 Å². The number of hydrogen-bond donors (Lipinski definition) is 1. The van der Waals surface area contributed by atoms with Gasteiger partial charge in [0.15, 0.2) is 0 Å². The van der Waals surface area contributed by atoms with Crippen LogP contribution in [0.1, 0.15) is 5.56 Å². The van der Waals surface area contributed by atoms with Crippen LogP contribution in [-0.2, 0) is 6.18 Å². The molecule has 0 aliphatic heterocycles. The molecule has 2 aromatic rings. The van der Waals surface area contributed by atoms with Gasteiger partial charge in [0.1, 0.15) is 18.0 Å². The van der Waals surface area contributed by atoms with E-state index in [1.165, 1.54) is 12.3 Å². The molecule has 2 heterocycles. The van der Waals surface area contributed by atoms with Gasteiger partial charge in [0.2, 0.25) is 5.88 Å². The first-order valence-electron chi connectivity index (χ1n) is 5.87. The van der Waals surface area contributed by atoms with E-state index in [2.05, 4.69) is 15.3 Å². The first-order chi connectivity index (χ1) is 9.57. The lowest BCUT2D eigenvalue weighted by atomic mass is 10.2. The van der Waals surface area contributed by atoms with Crippen molar-refractivity contribution in [2.75, 3.05) is 18.5 Å². The van der Waals surface area contributed by atoms with Crippen molar-refractivity contribution in [2.24, 2.45) is 0 Å². The van der Waals surface area contributed by atoms with Crippen LogP contribution in [0.15, 0.2) is 42.7 Å². The lowest BCUT2D eigenvalue weighted by Crippen LogP contribution is -2.15. The summed E-state index contributed by atoms with van der Waals surface area (Å²) >= 11 is 0. The summed E-state index contributed by atoms with van der Waals surface area (Å²) in [6, 6.07) is 7.49. The summed E-state index contributed by atoms with van der Waals surface area (Å²) in [5.74, 6) is 0.219. The number of nitrogens with zero attached hydrogens (tertiary/aromatic N) is 2. The normalized spacial score (nSPS) is 11.2. The van der Waals surface area contributed by atoms with E-state index in [4.69, 9.17) is 4.74 Å². The molecule has 106 valence electrons. The van der Waals surface area contributed by atoms with Crippen molar-refractivity contribution in [1.29, 1.82) is 0 Å². The minimum absolute atomic E-state index is 0.0522. The second-order valence-electron chi connectivity index (χ2n) is 3.84. The summed E-state index contributed by atoms with van der Waals surface area (Å²) in [5, 5.41) is 2.93. The molecule has 0 unspecified atom stereocenters. The van der Waals surface area contributed by atoms with Gasteiger partial charge in [-0.15, -0.1) is 0 Å². The number of hydrogen-bond acceptors (Lipinski definition) is 4. The van der Waals surface area contributed by atoms with Crippen molar-refractivity contribution in [3.63, 3.8) is 0 Å². The number of pyridine rings is 2. The van der Waals surface area contributed by atoms with Crippen LogP contribution in [0.5, 0.6) is 5.88 Å².